The molecule has 1 atom stereocenters. The van der Waals surface area contributed by atoms with Crippen molar-refractivity contribution in [3.63, 3.8) is 0 Å². The molecule has 0 radical (unpaired) electrons. The van der Waals surface area contributed by atoms with Crippen LogP contribution in [0.5, 0.6) is 11.5 Å². The number of nitrogens with two attached hydrogens (primary N) is 1. The molecule has 20 heavy (non-hydrogen) atoms. The van der Waals surface area contributed by atoms with Gasteiger partial charge < -0.3 is 25.8 Å². The molecular weight excluding hydrogens is 262 g/mol. The second-order valence-corrected chi connectivity index (χ2v) is 4.43. The average molecular weight is 279 g/mol. The molecule has 0 saturated heterocycles. The maximum Gasteiger partial charge on any atom is 0.312 e. The van der Waals surface area contributed by atoms with Crippen LogP contribution in [0.25, 0.3) is 0 Å². The van der Waals surface area contributed by atoms with Gasteiger partial charge >= 0.3 is 6.03 Å². The highest BCUT2D eigenvalue weighted by Gasteiger charge is 2.16. The lowest BCUT2D eigenvalue weighted by molar-refractivity contribution is -0.117. The first-order valence-electron chi connectivity index (χ1n) is 6.33. The summed E-state index contributed by atoms with van der Waals surface area (Å²) in [4.78, 5) is 22.5. The molecule has 1 heterocycles. The van der Waals surface area contributed by atoms with Crippen LogP contribution in [0.15, 0.2) is 18.2 Å². The second-order valence-electron chi connectivity index (χ2n) is 4.43. The number of nitrogens with one attached hydrogen (secondary N) is 2. The van der Waals surface area contributed by atoms with Gasteiger partial charge in [0.25, 0.3) is 0 Å². The van der Waals surface area contributed by atoms with E-state index in [0.29, 0.717) is 30.4 Å². The number of rotatable bonds is 3. The van der Waals surface area contributed by atoms with Gasteiger partial charge in [-0.15, -0.1) is 0 Å². The molecule has 1 aliphatic rings. The molecule has 0 fully saturated rings. The molecule has 4 N–H and O–H groups in total. The van der Waals surface area contributed by atoms with Gasteiger partial charge in [0.05, 0.1) is 13.2 Å². The molecule has 1 aromatic carbocycles. The number of amides is 3. The lowest BCUT2D eigenvalue weighted by Crippen LogP contribution is -2.44. The van der Waals surface area contributed by atoms with Crippen LogP contribution in [0, 0.1) is 0 Å². The van der Waals surface area contributed by atoms with E-state index in [-0.39, 0.29) is 5.91 Å². The number of anilines is 1. The molecule has 0 spiro atoms. The predicted octanol–water partition coefficient (Wildman–Crippen LogP) is 0.843. The summed E-state index contributed by atoms with van der Waals surface area (Å²) in [5, 5.41) is 4.98. The first kappa shape index (κ1) is 14.0. The number of fused-ring (bicyclic) bond motifs is 1. The monoisotopic (exact) mass is 279 g/mol. The number of carbonyl (C=O) groups is 2. The first-order valence-corrected chi connectivity index (χ1v) is 6.33. The summed E-state index contributed by atoms with van der Waals surface area (Å²) in [7, 11) is 0. The Labute approximate surface area is 116 Å². The molecule has 0 aromatic heterocycles. The minimum Gasteiger partial charge on any atom is -0.490 e. The van der Waals surface area contributed by atoms with Gasteiger partial charge in [-0.05, 0) is 19.1 Å². The summed E-state index contributed by atoms with van der Waals surface area (Å²) >= 11 is 0. The van der Waals surface area contributed by atoms with Gasteiger partial charge in [0.15, 0.2) is 11.5 Å². The van der Waals surface area contributed by atoms with Crippen LogP contribution in [0.2, 0.25) is 0 Å². The third kappa shape index (κ3) is 3.53. The van der Waals surface area contributed by atoms with Crippen LogP contribution in [0.3, 0.4) is 0 Å². The Bertz CT molecular complexity index is 518. The van der Waals surface area contributed by atoms with Gasteiger partial charge in [0, 0.05) is 18.2 Å². The van der Waals surface area contributed by atoms with Crippen molar-refractivity contribution >= 4 is 17.6 Å². The van der Waals surface area contributed by atoms with Crippen LogP contribution in [0.4, 0.5) is 10.5 Å². The molecule has 0 aliphatic carbocycles. The maximum absolute atomic E-state index is 11.8. The van der Waals surface area contributed by atoms with Gasteiger partial charge in [-0.1, -0.05) is 0 Å². The summed E-state index contributed by atoms with van der Waals surface area (Å²) in [5.41, 5.74) is 5.53. The van der Waals surface area contributed by atoms with E-state index in [1.54, 1.807) is 25.1 Å². The van der Waals surface area contributed by atoms with E-state index in [9.17, 15) is 9.59 Å². The summed E-state index contributed by atoms with van der Waals surface area (Å²) in [6.07, 6.45) is 0.815. The van der Waals surface area contributed by atoms with Crippen molar-refractivity contribution < 1.29 is 19.1 Å². The zero-order valence-corrected chi connectivity index (χ0v) is 11.1. The number of primary amides is 1. The van der Waals surface area contributed by atoms with Gasteiger partial charge in [-0.25, -0.2) is 4.79 Å². The second kappa shape index (κ2) is 6.14. The SMILES string of the molecule is C[C@H](NC(N)=O)C(=O)Nc1ccc2c(c1)OCCCO2. The Morgan fingerprint density at radius 2 is 1.95 bits per heavy atom. The zero-order valence-electron chi connectivity index (χ0n) is 11.1. The van der Waals surface area contributed by atoms with E-state index in [1.807, 2.05) is 0 Å². The zero-order chi connectivity index (χ0) is 14.5. The number of urea groups is 1. The molecule has 0 bridgehead atoms. The molecule has 7 heteroatoms. The van der Waals surface area contributed by atoms with Crippen LogP contribution in [0.1, 0.15) is 13.3 Å². The van der Waals surface area contributed by atoms with E-state index < -0.39 is 12.1 Å². The van der Waals surface area contributed by atoms with E-state index in [0.717, 1.165) is 6.42 Å². The van der Waals surface area contributed by atoms with E-state index in [4.69, 9.17) is 15.2 Å². The van der Waals surface area contributed by atoms with Crippen LogP contribution in [-0.4, -0.2) is 31.2 Å². The van der Waals surface area contributed by atoms with Gasteiger partial charge in [0.2, 0.25) is 5.91 Å². The number of benzene rings is 1. The Hall–Kier alpha value is -2.44. The fourth-order valence-corrected chi connectivity index (χ4v) is 1.77. The fourth-order valence-electron chi connectivity index (χ4n) is 1.77. The normalized spacial score (nSPS) is 14.8. The Kier molecular flexibility index (Phi) is 4.29. The Morgan fingerprint density at radius 1 is 1.25 bits per heavy atom. The lowest BCUT2D eigenvalue weighted by atomic mass is 10.2. The van der Waals surface area contributed by atoms with Crippen molar-refractivity contribution in [3.8, 4) is 11.5 Å². The number of carbonyl (C=O) groups excluding carboxylic acids is 2. The first-order chi connectivity index (χ1) is 9.56. The quantitative estimate of drug-likeness (QED) is 0.763. The van der Waals surface area contributed by atoms with Gasteiger partial charge in [-0.3, -0.25) is 4.79 Å². The van der Waals surface area contributed by atoms with E-state index in [1.165, 1.54) is 0 Å². The maximum atomic E-state index is 11.8. The number of hydrogen-bond donors (Lipinski definition) is 3. The van der Waals surface area contributed by atoms with Crippen molar-refractivity contribution in [2.45, 2.75) is 19.4 Å². The molecule has 7 nitrogen and oxygen atoms in total. The summed E-state index contributed by atoms with van der Waals surface area (Å²) < 4.78 is 11.0. The van der Waals surface area contributed by atoms with E-state index >= 15 is 0 Å². The third-order valence-corrected chi connectivity index (χ3v) is 2.77. The van der Waals surface area contributed by atoms with Gasteiger partial charge in [0.1, 0.15) is 6.04 Å². The summed E-state index contributed by atoms with van der Waals surface area (Å²) in [5.74, 6) is 0.887. The average Bonchev–Trinajstić information content (AvgIpc) is 2.62. The highest BCUT2D eigenvalue weighted by atomic mass is 16.5. The topological polar surface area (TPSA) is 103 Å². The van der Waals surface area contributed by atoms with Crippen molar-refractivity contribution in [2.24, 2.45) is 5.73 Å². The molecule has 108 valence electrons. The minimum absolute atomic E-state index is 0.363. The van der Waals surface area contributed by atoms with Crippen molar-refractivity contribution in [2.75, 3.05) is 18.5 Å². The molecule has 2 rings (SSSR count). The molecule has 3 amide bonds. The Balaban J connectivity index is 2.04. The van der Waals surface area contributed by atoms with Crippen LogP contribution in [-0.2, 0) is 4.79 Å². The molecule has 0 unspecified atom stereocenters. The van der Waals surface area contributed by atoms with Crippen molar-refractivity contribution in [3.05, 3.63) is 18.2 Å². The number of ether oxygens (including phenoxy) is 2. The third-order valence-electron chi connectivity index (χ3n) is 2.77. The molecule has 0 saturated carbocycles. The largest absolute Gasteiger partial charge is 0.490 e. The number of hydrogen-bond acceptors (Lipinski definition) is 4. The van der Waals surface area contributed by atoms with Gasteiger partial charge in [-0.2, -0.15) is 0 Å². The highest BCUT2D eigenvalue weighted by Crippen LogP contribution is 2.32. The Morgan fingerprint density at radius 3 is 2.65 bits per heavy atom. The minimum atomic E-state index is -0.744. The van der Waals surface area contributed by atoms with Crippen LogP contribution < -0.4 is 25.8 Å². The predicted molar refractivity (Wildman–Crippen MR) is 72.9 cm³/mol. The fraction of sp³-hybridized carbons (Fsp3) is 0.385. The van der Waals surface area contributed by atoms with E-state index in [2.05, 4.69) is 10.6 Å². The molecule has 1 aromatic rings. The van der Waals surface area contributed by atoms with Crippen molar-refractivity contribution in [1.82, 2.24) is 5.32 Å². The summed E-state index contributed by atoms with van der Waals surface area (Å²) in [6.45, 7) is 2.73. The molecular formula is C13H17N3O4. The standard InChI is InChI=1S/C13H17N3O4/c1-8(15-13(14)18)12(17)16-9-3-4-10-11(7-9)20-6-2-5-19-10/h3-4,7-8H,2,5-6H2,1H3,(H,16,17)(H3,14,15,18)/t8-/m0/s1. The summed E-state index contributed by atoms with van der Waals surface area (Å²) in [6, 6.07) is 3.68. The molecule has 1 aliphatic heterocycles. The van der Waals surface area contributed by atoms with Crippen LogP contribution >= 0.6 is 0 Å². The van der Waals surface area contributed by atoms with Crippen molar-refractivity contribution in [1.29, 1.82) is 0 Å². The highest BCUT2D eigenvalue weighted by molar-refractivity contribution is 5.96. The lowest BCUT2D eigenvalue weighted by Gasteiger charge is -2.14. The smallest absolute Gasteiger partial charge is 0.312 e.